The molecule has 0 atom stereocenters. The predicted octanol–water partition coefficient (Wildman–Crippen LogP) is 3.19. The highest BCUT2D eigenvalue weighted by molar-refractivity contribution is 5.85. The molecule has 0 amide bonds. The van der Waals surface area contributed by atoms with Crippen LogP contribution < -0.4 is 5.32 Å². The zero-order chi connectivity index (χ0) is 12.4. The molecule has 0 aliphatic heterocycles. The van der Waals surface area contributed by atoms with Gasteiger partial charge in [0, 0.05) is 16.6 Å². The molecule has 3 heteroatoms. The number of aromatic amines is 1. The van der Waals surface area contributed by atoms with E-state index in [-0.39, 0.29) is 5.82 Å². The molecular formula is C14H19FN2. The molecule has 2 N–H and O–H groups in total. The van der Waals surface area contributed by atoms with Gasteiger partial charge in [-0.15, -0.1) is 0 Å². The molecular weight excluding hydrogens is 215 g/mol. The van der Waals surface area contributed by atoms with E-state index in [9.17, 15) is 4.39 Å². The van der Waals surface area contributed by atoms with E-state index in [1.165, 1.54) is 17.3 Å². The number of H-pyrrole nitrogens is 1. The van der Waals surface area contributed by atoms with Gasteiger partial charge in [-0.25, -0.2) is 4.39 Å². The summed E-state index contributed by atoms with van der Waals surface area (Å²) in [7, 11) is 1.93. The van der Waals surface area contributed by atoms with E-state index in [0.717, 1.165) is 23.9 Å². The lowest BCUT2D eigenvalue weighted by atomic mass is 10.0. The van der Waals surface area contributed by atoms with Crippen molar-refractivity contribution >= 4 is 10.9 Å². The van der Waals surface area contributed by atoms with Crippen LogP contribution in [-0.2, 0) is 6.42 Å². The summed E-state index contributed by atoms with van der Waals surface area (Å²) in [5.74, 6) is 0.259. The van der Waals surface area contributed by atoms with Crippen molar-refractivity contribution in [1.29, 1.82) is 0 Å². The van der Waals surface area contributed by atoms with Crippen molar-refractivity contribution in [3.05, 3.63) is 35.3 Å². The number of nitrogens with one attached hydrogen (secondary N) is 2. The Bertz CT molecular complexity index is 514. The van der Waals surface area contributed by atoms with E-state index in [2.05, 4.69) is 24.1 Å². The summed E-state index contributed by atoms with van der Waals surface area (Å²) in [6.07, 6.45) is 0.924. The molecule has 0 unspecified atom stereocenters. The lowest BCUT2D eigenvalue weighted by Crippen LogP contribution is -2.11. The highest BCUT2D eigenvalue weighted by Gasteiger charge is 2.13. The average molecular weight is 234 g/mol. The molecule has 2 nitrogen and oxygen atoms in total. The third-order valence-corrected chi connectivity index (χ3v) is 3.10. The first-order chi connectivity index (χ1) is 8.13. The molecule has 0 bridgehead atoms. The van der Waals surface area contributed by atoms with Gasteiger partial charge in [-0.2, -0.15) is 0 Å². The normalized spacial score (nSPS) is 11.6. The van der Waals surface area contributed by atoms with E-state index in [1.54, 1.807) is 6.07 Å². The maximum atomic E-state index is 13.3. The summed E-state index contributed by atoms with van der Waals surface area (Å²) in [5.41, 5.74) is 3.49. The lowest BCUT2D eigenvalue weighted by Gasteiger charge is -2.07. The molecule has 0 aliphatic carbocycles. The first kappa shape index (κ1) is 12.1. The molecule has 2 rings (SSSR count). The van der Waals surface area contributed by atoms with Crippen molar-refractivity contribution < 1.29 is 4.39 Å². The van der Waals surface area contributed by atoms with Crippen LogP contribution in [-0.4, -0.2) is 18.6 Å². The van der Waals surface area contributed by atoms with Crippen LogP contribution in [0.2, 0.25) is 0 Å². The Morgan fingerprint density at radius 1 is 1.35 bits per heavy atom. The second-order valence-electron chi connectivity index (χ2n) is 4.72. The minimum atomic E-state index is -0.169. The van der Waals surface area contributed by atoms with Crippen molar-refractivity contribution in [3.8, 4) is 0 Å². The Morgan fingerprint density at radius 3 is 2.76 bits per heavy atom. The highest BCUT2D eigenvalue weighted by Crippen LogP contribution is 2.28. The summed E-state index contributed by atoms with van der Waals surface area (Å²) in [5, 5.41) is 4.16. The number of halogens is 1. The number of hydrogen-bond donors (Lipinski definition) is 2. The Balaban J connectivity index is 2.56. The molecule has 17 heavy (non-hydrogen) atoms. The molecule has 1 heterocycles. The van der Waals surface area contributed by atoms with Gasteiger partial charge in [0.25, 0.3) is 0 Å². The fourth-order valence-electron chi connectivity index (χ4n) is 2.25. The SMILES string of the molecule is CNCCc1c(C(C)C)[nH]c2ccc(F)cc12. The molecule has 1 aromatic carbocycles. The summed E-state index contributed by atoms with van der Waals surface area (Å²) in [6, 6.07) is 4.95. The fraction of sp³-hybridized carbons (Fsp3) is 0.429. The number of aromatic nitrogens is 1. The predicted molar refractivity (Wildman–Crippen MR) is 70.0 cm³/mol. The van der Waals surface area contributed by atoms with Crippen molar-refractivity contribution in [2.45, 2.75) is 26.2 Å². The van der Waals surface area contributed by atoms with E-state index in [1.807, 2.05) is 13.1 Å². The minimum Gasteiger partial charge on any atom is -0.358 e. The number of fused-ring (bicyclic) bond motifs is 1. The number of benzene rings is 1. The zero-order valence-electron chi connectivity index (χ0n) is 10.6. The monoisotopic (exact) mass is 234 g/mol. The van der Waals surface area contributed by atoms with Gasteiger partial charge in [-0.1, -0.05) is 13.8 Å². The summed E-state index contributed by atoms with van der Waals surface area (Å²) in [6.45, 7) is 5.22. The van der Waals surface area contributed by atoms with Crippen LogP contribution in [0.15, 0.2) is 18.2 Å². The maximum Gasteiger partial charge on any atom is 0.123 e. The van der Waals surface area contributed by atoms with Crippen LogP contribution in [0.4, 0.5) is 4.39 Å². The second-order valence-corrected chi connectivity index (χ2v) is 4.72. The van der Waals surface area contributed by atoms with E-state index >= 15 is 0 Å². The first-order valence-electron chi connectivity index (χ1n) is 6.08. The highest BCUT2D eigenvalue weighted by atomic mass is 19.1. The van der Waals surface area contributed by atoms with E-state index in [0.29, 0.717) is 5.92 Å². The Kier molecular flexibility index (Phi) is 3.48. The van der Waals surface area contributed by atoms with Gasteiger partial charge in [0.2, 0.25) is 0 Å². The van der Waals surface area contributed by atoms with Crippen molar-refractivity contribution in [1.82, 2.24) is 10.3 Å². The van der Waals surface area contributed by atoms with Crippen molar-refractivity contribution in [2.75, 3.05) is 13.6 Å². The smallest absolute Gasteiger partial charge is 0.123 e. The van der Waals surface area contributed by atoms with Crippen LogP contribution in [0.3, 0.4) is 0 Å². The van der Waals surface area contributed by atoms with E-state index in [4.69, 9.17) is 0 Å². The fourth-order valence-corrected chi connectivity index (χ4v) is 2.25. The quantitative estimate of drug-likeness (QED) is 0.835. The molecule has 0 radical (unpaired) electrons. The van der Waals surface area contributed by atoms with Crippen LogP contribution in [0.1, 0.15) is 31.0 Å². The number of likely N-dealkylation sites (N-methyl/N-ethyl adjacent to an activating group) is 1. The third kappa shape index (κ3) is 2.34. The van der Waals surface area contributed by atoms with Crippen molar-refractivity contribution in [3.63, 3.8) is 0 Å². The Hall–Kier alpha value is -1.35. The molecule has 0 aliphatic rings. The molecule has 0 fully saturated rings. The van der Waals surface area contributed by atoms with Gasteiger partial charge in [0.1, 0.15) is 5.82 Å². The number of rotatable bonds is 4. The standard InChI is InChI=1S/C14H19FN2/c1-9(2)14-11(6-7-16-3)12-8-10(15)4-5-13(12)17-14/h4-5,8-9,16-17H,6-7H2,1-3H3. The van der Waals surface area contributed by atoms with Crippen LogP contribution >= 0.6 is 0 Å². The Morgan fingerprint density at radius 2 is 2.12 bits per heavy atom. The van der Waals surface area contributed by atoms with Gasteiger partial charge in [-0.3, -0.25) is 0 Å². The van der Waals surface area contributed by atoms with Gasteiger partial charge in [-0.05, 0) is 49.7 Å². The summed E-state index contributed by atoms with van der Waals surface area (Å²) >= 11 is 0. The van der Waals surface area contributed by atoms with Gasteiger partial charge in [0.05, 0.1) is 0 Å². The van der Waals surface area contributed by atoms with E-state index < -0.39 is 0 Å². The van der Waals surface area contributed by atoms with Gasteiger partial charge >= 0.3 is 0 Å². The summed E-state index contributed by atoms with van der Waals surface area (Å²) < 4.78 is 13.3. The topological polar surface area (TPSA) is 27.8 Å². The van der Waals surface area contributed by atoms with Crippen LogP contribution in [0.5, 0.6) is 0 Å². The van der Waals surface area contributed by atoms with Gasteiger partial charge < -0.3 is 10.3 Å². The largest absolute Gasteiger partial charge is 0.358 e. The number of hydrogen-bond acceptors (Lipinski definition) is 1. The molecule has 0 saturated carbocycles. The minimum absolute atomic E-state index is 0.169. The molecule has 92 valence electrons. The second kappa shape index (κ2) is 4.88. The zero-order valence-corrected chi connectivity index (χ0v) is 10.6. The maximum absolute atomic E-state index is 13.3. The third-order valence-electron chi connectivity index (χ3n) is 3.10. The molecule has 1 aromatic heterocycles. The first-order valence-corrected chi connectivity index (χ1v) is 6.08. The van der Waals surface area contributed by atoms with Crippen LogP contribution in [0.25, 0.3) is 10.9 Å². The molecule has 2 aromatic rings. The average Bonchev–Trinajstić information content (AvgIpc) is 2.64. The lowest BCUT2D eigenvalue weighted by molar-refractivity contribution is 0.629. The Labute approximate surface area is 101 Å². The molecule has 0 spiro atoms. The van der Waals surface area contributed by atoms with Crippen LogP contribution in [0, 0.1) is 5.82 Å². The molecule has 0 saturated heterocycles. The van der Waals surface area contributed by atoms with Crippen molar-refractivity contribution in [2.24, 2.45) is 0 Å². The summed E-state index contributed by atoms with van der Waals surface area (Å²) in [4.78, 5) is 3.41. The van der Waals surface area contributed by atoms with Gasteiger partial charge in [0.15, 0.2) is 0 Å².